The molecule has 14 nitrogen and oxygen atoms in total. The van der Waals surface area contributed by atoms with Crippen molar-refractivity contribution in [3.63, 3.8) is 0 Å². The van der Waals surface area contributed by atoms with Gasteiger partial charge >= 0.3 is 5.97 Å². The van der Waals surface area contributed by atoms with E-state index in [1.54, 1.807) is 0 Å². The largest absolute Gasteiger partial charge is 0.480 e. The summed E-state index contributed by atoms with van der Waals surface area (Å²) in [6.45, 7) is 2.90. The number of primary amides is 1. The molecule has 184 valence electrons. The van der Waals surface area contributed by atoms with E-state index in [-0.39, 0.29) is 12.3 Å². The lowest BCUT2D eigenvalue weighted by molar-refractivity contribution is -0.142. The number of nitrogens with one attached hydrogen (secondary N) is 4. The highest BCUT2D eigenvalue weighted by atomic mass is 16.4. The molecule has 14 heteroatoms. The fraction of sp³-hybridized carbons (Fsp3) is 0.579. The second kappa shape index (κ2) is 13.1. The van der Waals surface area contributed by atoms with Crippen LogP contribution < -0.4 is 27.4 Å². The smallest absolute Gasteiger partial charge is 0.326 e. The van der Waals surface area contributed by atoms with Crippen molar-refractivity contribution in [3.05, 3.63) is 18.2 Å². The molecule has 0 fully saturated rings. The molecule has 0 aliphatic carbocycles. The van der Waals surface area contributed by atoms with Crippen LogP contribution in [0.1, 0.15) is 32.4 Å². The summed E-state index contributed by atoms with van der Waals surface area (Å²) in [5, 5.41) is 25.6. The van der Waals surface area contributed by atoms with E-state index >= 15 is 0 Å². The molecule has 4 atom stereocenters. The lowest BCUT2D eigenvalue weighted by Crippen LogP contribution is -2.58. The Balaban J connectivity index is 2.87. The van der Waals surface area contributed by atoms with Crippen LogP contribution >= 0.6 is 0 Å². The van der Waals surface area contributed by atoms with Gasteiger partial charge in [0.25, 0.3) is 0 Å². The van der Waals surface area contributed by atoms with Crippen LogP contribution in [0.5, 0.6) is 0 Å². The molecule has 0 aliphatic heterocycles. The molecule has 0 bridgehead atoms. The van der Waals surface area contributed by atoms with E-state index < -0.39 is 66.8 Å². The summed E-state index contributed by atoms with van der Waals surface area (Å²) in [6.07, 6.45) is 2.27. The number of aromatic amines is 1. The van der Waals surface area contributed by atoms with E-state index in [1.807, 2.05) is 13.8 Å². The Morgan fingerprint density at radius 2 is 1.61 bits per heavy atom. The lowest BCUT2D eigenvalue weighted by atomic mass is 10.0. The minimum Gasteiger partial charge on any atom is -0.480 e. The molecule has 0 aromatic carbocycles. The number of hydrogen-bond donors (Lipinski definition) is 8. The molecule has 0 aliphatic rings. The van der Waals surface area contributed by atoms with Crippen molar-refractivity contribution < 1.29 is 34.2 Å². The Hall–Kier alpha value is -3.52. The summed E-state index contributed by atoms with van der Waals surface area (Å²) in [6, 6.07) is -5.32. The van der Waals surface area contributed by atoms with Gasteiger partial charge in [-0.05, 0) is 12.3 Å². The van der Waals surface area contributed by atoms with Crippen molar-refractivity contribution in [1.29, 1.82) is 0 Å². The maximum atomic E-state index is 12.6. The lowest BCUT2D eigenvalue weighted by Gasteiger charge is -2.24. The highest BCUT2D eigenvalue weighted by Crippen LogP contribution is 2.04. The minimum atomic E-state index is -1.55. The van der Waals surface area contributed by atoms with Gasteiger partial charge in [0.05, 0.1) is 25.4 Å². The number of nitrogens with two attached hydrogens (primary N) is 2. The average Bonchev–Trinajstić information content (AvgIpc) is 3.22. The quantitative estimate of drug-likeness (QED) is 0.136. The van der Waals surface area contributed by atoms with Crippen LogP contribution in [0.25, 0.3) is 0 Å². The van der Waals surface area contributed by atoms with Crippen LogP contribution in [0.2, 0.25) is 0 Å². The standard InChI is InChI=1S/C19H31N7O7/c1-9(2)3-11(20)16(29)26-14(7-27)18(31)24-12(5-15(21)28)17(30)25-13(19(32)33)4-10-6-22-8-23-10/h6,8-9,11-14,27H,3-5,7,20H2,1-2H3,(H2,21,28)(H,22,23)(H,24,31)(H,25,30)(H,26,29)(H,32,33). The number of aliphatic carboxylic acids is 1. The number of hydrogen-bond acceptors (Lipinski definition) is 8. The summed E-state index contributed by atoms with van der Waals surface area (Å²) in [5.74, 6) is -4.85. The summed E-state index contributed by atoms with van der Waals surface area (Å²) < 4.78 is 0. The van der Waals surface area contributed by atoms with E-state index in [0.29, 0.717) is 12.1 Å². The van der Waals surface area contributed by atoms with Gasteiger partial charge < -0.3 is 42.6 Å². The fourth-order valence-corrected chi connectivity index (χ4v) is 2.86. The number of aromatic nitrogens is 2. The first-order valence-corrected chi connectivity index (χ1v) is 10.2. The molecule has 1 rings (SSSR count). The first kappa shape index (κ1) is 27.5. The summed E-state index contributed by atoms with van der Waals surface area (Å²) >= 11 is 0. The molecule has 10 N–H and O–H groups in total. The Labute approximate surface area is 189 Å². The summed E-state index contributed by atoms with van der Waals surface area (Å²) in [4.78, 5) is 66.7. The van der Waals surface area contributed by atoms with Crippen molar-refractivity contribution >= 4 is 29.6 Å². The average molecular weight is 469 g/mol. The van der Waals surface area contributed by atoms with Crippen LogP contribution in [-0.2, 0) is 30.4 Å². The second-order valence-corrected chi connectivity index (χ2v) is 7.89. The SMILES string of the molecule is CC(C)CC(N)C(=O)NC(CO)C(=O)NC(CC(N)=O)C(=O)NC(Cc1cnc[nH]1)C(=O)O. The molecule has 1 aromatic rings. The van der Waals surface area contributed by atoms with Crippen LogP contribution in [0.15, 0.2) is 12.5 Å². The second-order valence-electron chi connectivity index (χ2n) is 7.89. The third-order valence-corrected chi connectivity index (χ3v) is 4.51. The Bertz CT molecular complexity index is 828. The topological polar surface area (TPSA) is 243 Å². The van der Waals surface area contributed by atoms with Gasteiger partial charge in [0, 0.05) is 18.3 Å². The number of aliphatic hydroxyl groups is 1. The Kier molecular flexibility index (Phi) is 10.9. The van der Waals surface area contributed by atoms with Crippen LogP contribution in [-0.4, -0.2) is 80.6 Å². The fourth-order valence-electron chi connectivity index (χ4n) is 2.86. The predicted octanol–water partition coefficient (Wildman–Crippen LogP) is -3.27. The van der Waals surface area contributed by atoms with Crippen molar-refractivity contribution in [2.45, 2.75) is 57.3 Å². The molecule has 0 saturated heterocycles. The van der Waals surface area contributed by atoms with E-state index in [4.69, 9.17) is 11.5 Å². The van der Waals surface area contributed by atoms with Crippen molar-refractivity contribution in [1.82, 2.24) is 25.9 Å². The third-order valence-electron chi connectivity index (χ3n) is 4.51. The highest BCUT2D eigenvalue weighted by molar-refractivity contribution is 5.96. The molecular formula is C19H31N7O7. The van der Waals surface area contributed by atoms with E-state index in [0.717, 1.165) is 0 Å². The van der Waals surface area contributed by atoms with Crippen LogP contribution in [0.4, 0.5) is 0 Å². The molecule has 0 radical (unpaired) electrons. The van der Waals surface area contributed by atoms with Gasteiger partial charge in [-0.25, -0.2) is 9.78 Å². The zero-order chi connectivity index (χ0) is 25.1. The molecule has 1 heterocycles. The van der Waals surface area contributed by atoms with Crippen molar-refractivity contribution in [2.75, 3.05) is 6.61 Å². The van der Waals surface area contributed by atoms with Gasteiger partial charge in [-0.2, -0.15) is 0 Å². The molecule has 4 unspecified atom stereocenters. The number of imidazole rings is 1. The minimum absolute atomic E-state index is 0.111. The first-order valence-electron chi connectivity index (χ1n) is 10.2. The van der Waals surface area contributed by atoms with Crippen LogP contribution in [0, 0.1) is 5.92 Å². The van der Waals surface area contributed by atoms with Gasteiger partial charge in [-0.3, -0.25) is 19.2 Å². The number of aliphatic hydroxyl groups excluding tert-OH is 1. The predicted molar refractivity (Wildman–Crippen MR) is 114 cm³/mol. The molecule has 4 amide bonds. The van der Waals surface area contributed by atoms with E-state index in [1.165, 1.54) is 12.5 Å². The molecule has 0 saturated carbocycles. The van der Waals surface area contributed by atoms with Gasteiger partial charge in [0.15, 0.2) is 0 Å². The van der Waals surface area contributed by atoms with E-state index in [9.17, 15) is 34.2 Å². The molecular weight excluding hydrogens is 438 g/mol. The molecule has 1 aromatic heterocycles. The Morgan fingerprint density at radius 3 is 2.09 bits per heavy atom. The highest BCUT2D eigenvalue weighted by Gasteiger charge is 2.31. The maximum absolute atomic E-state index is 12.6. The normalized spacial score (nSPS) is 14.6. The number of rotatable bonds is 14. The number of nitrogens with zero attached hydrogens (tertiary/aromatic N) is 1. The maximum Gasteiger partial charge on any atom is 0.326 e. The number of carbonyl (C=O) groups is 5. The number of H-pyrrole nitrogens is 1. The van der Waals surface area contributed by atoms with Gasteiger partial charge in [0.2, 0.25) is 23.6 Å². The third kappa shape index (κ3) is 9.65. The number of amides is 4. The molecule has 33 heavy (non-hydrogen) atoms. The Morgan fingerprint density at radius 1 is 1.03 bits per heavy atom. The van der Waals surface area contributed by atoms with Crippen molar-refractivity contribution in [3.8, 4) is 0 Å². The van der Waals surface area contributed by atoms with Gasteiger partial charge in [-0.1, -0.05) is 13.8 Å². The zero-order valence-electron chi connectivity index (χ0n) is 18.4. The van der Waals surface area contributed by atoms with Gasteiger partial charge in [0.1, 0.15) is 18.1 Å². The first-order chi connectivity index (χ1) is 15.4. The number of carbonyl (C=O) groups excluding carboxylic acids is 4. The number of carboxylic acids is 1. The number of carboxylic acid groups (broad SMARTS) is 1. The van der Waals surface area contributed by atoms with E-state index in [2.05, 4.69) is 25.9 Å². The van der Waals surface area contributed by atoms with Crippen molar-refractivity contribution in [2.24, 2.45) is 17.4 Å². The monoisotopic (exact) mass is 469 g/mol. The summed E-state index contributed by atoms with van der Waals surface area (Å²) in [5.41, 5.74) is 11.3. The van der Waals surface area contributed by atoms with Crippen LogP contribution in [0.3, 0.4) is 0 Å². The van der Waals surface area contributed by atoms with Gasteiger partial charge in [-0.15, -0.1) is 0 Å². The zero-order valence-corrected chi connectivity index (χ0v) is 18.4. The molecule has 0 spiro atoms. The summed E-state index contributed by atoms with van der Waals surface area (Å²) in [7, 11) is 0.